The summed E-state index contributed by atoms with van der Waals surface area (Å²) < 4.78 is 28.1. The third-order valence-electron chi connectivity index (χ3n) is 4.09. The predicted octanol–water partition coefficient (Wildman–Crippen LogP) is 3.05. The first-order valence-electron chi connectivity index (χ1n) is 8.58. The van der Waals surface area contributed by atoms with Crippen LogP contribution in [0.3, 0.4) is 0 Å². The number of rotatable bonds is 6. The fraction of sp³-hybridized carbons (Fsp3) is 0. The van der Waals surface area contributed by atoms with E-state index in [1.165, 1.54) is 60.7 Å². The Morgan fingerprint density at radius 1 is 1.13 bits per heavy atom. The van der Waals surface area contributed by atoms with Crippen LogP contribution in [0, 0.1) is 21.4 Å². The van der Waals surface area contributed by atoms with Gasteiger partial charge in [0.05, 0.1) is 15.4 Å². The normalized spacial score (nSPS) is 11.5. The van der Waals surface area contributed by atoms with Gasteiger partial charge in [-0.3, -0.25) is 14.9 Å². The minimum atomic E-state index is -3.87. The van der Waals surface area contributed by atoms with Gasteiger partial charge in [-0.05, 0) is 42.5 Å². The first-order chi connectivity index (χ1) is 14.7. The highest BCUT2D eigenvalue weighted by Gasteiger charge is 2.18. The van der Waals surface area contributed by atoms with Crippen LogP contribution in [0.5, 0.6) is 0 Å². The molecule has 0 aliphatic heterocycles. The number of nitrogens with two attached hydrogens (primary N) is 1. The van der Waals surface area contributed by atoms with Gasteiger partial charge in [0, 0.05) is 17.8 Å². The second-order valence-electron chi connectivity index (χ2n) is 6.17. The number of carbonyl (C=O) groups is 1. The van der Waals surface area contributed by atoms with Crippen molar-refractivity contribution in [1.29, 1.82) is 5.26 Å². The minimum Gasteiger partial charge on any atom is -0.456 e. The molecule has 156 valence electrons. The van der Waals surface area contributed by atoms with Crippen LogP contribution < -0.4 is 10.5 Å². The molecule has 3 rings (SSSR count). The van der Waals surface area contributed by atoms with Gasteiger partial charge in [0.25, 0.3) is 11.6 Å². The Hall–Kier alpha value is -4.27. The standard InChI is InChI=1S/C20H14N4O6S/c21-12-13(20(25)23-14-5-8-16(9-6-14)31(22,28)29)11-15-7-10-19(30-15)17-3-1-2-4-18(17)24(26)27/h1-11H,(H,23,25)(H2,22,28,29)/b13-11-. The molecule has 0 saturated heterocycles. The topological polar surface area (TPSA) is 169 Å². The molecule has 1 amide bonds. The van der Waals surface area contributed by atoms with Crippen molar-refractivity contribution in [3.63, 3.8) is 0 Å². The summed E-state index contributed by atoms with van der Waals surface area (Å²) in [6.07, 6.45) is 1.19. The second-order valence-corrected chi connectivity index (χ2v) is 7.73. The number of benzene rings is 2. The van der Waals surface area contributed by atoms with E-state index in [0.717, 1.165) is 0 Å². The number of furan rings is 1. The summed E-state index contributed by atoms with van der Waals surface area (Å²) in [4.78, 5) is 22.9. The smallest absolute Gasteiger partial charge is 0.280 e. The van der Waals surface area contributed by atoms with Crippen molar-refractivity contribution in [3.05, 3.63) is 82.1 Å². The molecule has 0 radical (unpaired) electrons. The lowest BCUT2D eigenvalue weighted by molar-refractivity contribution is -0.384. The number of nitro groups is 1. The van der Waals surface area contributed by atoms with Crippen molar-refractivity contribution in [3.8, 4) is 17.4 Å². The molecule has 1 aromatic heterocycles. The van der Waals surface area contributed by atoms with Crippen molar-refractivity contribution in [2.45, 2.75) is 4.90 Å². The number of nitrogens with zero attached hydrogens (tertiary/aromatic N) is 2. The Bertz CT molecular complexity index is 1330. The average Bonchev–Trinajstić information content (AvgIpc) is 3.20. The van der Waals surface area contributed by atoms with Gasteiger partial charge in [-0.25, -0.2) is 13.6 Å². The van der Waals surface area contributed by atoms with Crippen LogP contribution in [-0.4, -0.2) is 19.2 Å². The lowest BCUT2D eigenvalue weighted by atomic mass is 10.1. The molecule has 0 aliphatic carbocycles. The number of nitrogens with one attached hydrogen (secondary N) is 1. The number of nitro benzene ring substituents is 1. The van der Waals surface area contributed by atoms with Gasteiger partial charge in [0.15, 0.2) is 0 Å². The maximum absolute atomic E-state index is 12.4. The summed E-state index contributed by atoms with van der Waals surface area (Å²) in [5.41, 5.74) is 0.0659. The van der Waals surface area contributed by atoms with E-state index in [1.807, 2.05) is 0 Å². The van der Waals surface area contributed by atoms with Crippen LogP contribution in [0.15, 0.2) is 75.5 Å². The van der Waals surface area contributed by atoms with Crippen LogP contribution in [0.2, 0.25) is 0 Å². The zero-order chi connectivity index (χ0) is 22.6. The number of sulfonamides is 1. The fourth-order valence-corrected chi connectivity index (χ4v) is 3.15. The third-order valence-corrected chi connectivity index (χ3v) is 5.01. The molecular weight excluding hydrogens is 424 g/mol. The fourth-order valence-electron chi connectivity index (χ4n) is 2.63. The molecular formula is C20H14N4O6S. The van der Waals surface area contributed by atoms with Crippen LogP contribution in [0.25, 0.3) is 17.4 Å². The molecule has 3 N–H and O–H groups in total. The predicted molar refractivity (Wildman–Crippen MR) is 111 cm³/mol. The van der Waals surface area contributed by atoms with E-state index in [2.05, 4.69) is 5.32 Å². The Morgan fingerprint density at radius 3 is 2.42 bits per heavy atom. The van der Waals surface area contributed by atoms with Gasteiger partial charge in [0.2, 0.25) is 10.0 Å². The molecule has 0 atom stereocenters. The number of primary sulfonamides is 1. The third kappa shape index (κ3) is 5.02. The summed E-state index contributed by atoms with van der Waals surface area (Å²) in [6.45, 7) is 0. The van der Waals surface area contributed by atoms with Crippen LogP contribution in [0.4, 0.5) is 11.4 Å². The molecule has 31 heavy (non-hydrogen) atoms. The van der Waals surface area contributed by atoms with E-state index in [9.17, 15) is 28.6 Å². The zero-order valence-corrected chi connectivity index (χ0v) is 16.5. The van der Waals surface area contributed by atoms with Crippen molar-refractivity contribution in [2.24, 2.45) is 5.14 Å². The van der Waals surface area contributed by atoms with Crippen LogP contribution >= 0.6 is 0 Å². The molecule has 0 bridgehead atoms. The summed E-state index contributed by atoms with van der Waals surface area (Å²) >= 11 is 0. The molecule has 2 aromatic carbocycles. The number of hydrogen-bond acceptors (Lipinski definition) is 7. The molecule has 1 heterocycles. The van der Waals surface area contributed by atoms with Gasteiger partial charge in [-0.15, -0.1) is 0 Å². The summed E-state index contributed by atoms with van der Waals surface area (Å²) in [7, 11) is -3.87. The molecule has 3 aromatic rings. The van der Waals surface area contributed by atoms with Gasteiger partial charge >= 0.3 is 0 Å². The van der Waals surface area contributed by atoms with E-state index in [4.69, 9.17) is 9.56 Å². The Labute approximate surface area is 176 Å². The van der Waals surface area contributed by atoms with Gasteiger partial charge in [-0.1, -0.05) is 12.1 Å². The quantitative estimate of drug-likeness (QED) is 0.258. The first kappa shape index (κ1) is 21.4. The maximum atomic E-state index is 12.4. The number of nitriles is 1. The monoisotopic (exact) mass is 438 g/mol. The highest BCUT2D eigenvalue weighted by molar-refractivity contribution is 7.89. The Kier molecular flexibility index (Phi) is 5.96. The molecule has 0 fully saturated rings. The number of anilines is 1. The average molecular weight is 438 g/mol. The maximum Gasteiger partial charge on any atom is 0.280 e. The molecule has 0 unspecified atom stereocenters. The van der Waals surface area contributed by atoms with Crippen molar-refractivity contribution >= 4 is 33.4 Å². The van der Waals surface area contributed by atoms with Crippen molar-refractivity contribution in [2.75, 3.05) is 5.32 Å². The lowest BCUT2D eigenvalue weighted by Gasteiger charge is -2.05. The lowest BCUT2D eigenvalue weighted by Crippen LogP contribution is -2.14. The van der Waals surface area contributed by atoms with E-state index in [0.29, 0.717) is 0 Å². The summed E-state index contributed by atoms with van der Waals surface area (Å²) in [5.74, 6) is -0.409. The van der Waals surface area contributed by atoms with Gasteiger partial charge in [0.1, 0.15) is 23.2 Å². The van der Waals surface area contributed by atoms with E-state index in [-0.39, 0.29) is 38.9 Å². The largest absolute Gasteiger partial charge is 0.456 e. The Morgan fingerprint density at radius 2 is 1.81 bits per heavy atom. The molecule has 11 heteroatoms. The highest BCUT2D eigenvalue weighted by atomic mass is 32.2. The minimum absolute atomic E-state index is 0.125. The summed E-state index contributed by atoms with van der Waals surface area (Å²) in [5, 5.41) is 28.0. The molecule has 0 aliphatic rings. The number of carbonyl (C=O) groups excluding carboxylic acids is 1. The first-order valence-corrected chi connectivity index (χ1v) is 10.1. The van der Waals surface area contributed by atoms with E-state index in [1.54, 1.807) is 12.1 Å². The van der Waals surface area contributed by atoms with Crippen molar-refractivity contribution < 1.29 is 22.6 Å². The SMILES string of the molecule is N#C/C(=C/c1ccc(-c2ccccc2[N+](=O)[O-])o1)C(=O)Nc1ccc(S(N)(=O)=O)cc1. The molecule has 0 spiro atoms. The zero-order valence-electron chi connectivity index (χ0n) is 15.7. The molecule has 0 saturated carbocycles. The van der Waals surface area contributed by atoms with Gasteiger partial charge in [-0.2, -0.15) is 5.26 Å². The van der Waals surface area contributed by atoms with E-state index >= 15 is 0 Å². The number of hydrogen-bond donors (Lipinski definition) is 2. The van der Waals surface area contributed by atoms with Crippen LogP contribution in [0.1, 0.15) is 5.76 Å². The van der Waals surface area contributed by atoms with Gasteiger partial charge < -0.3 is 9.73 Å². The highest BCUT2D eigenvalue weighted by Crippen LogP contribution is 2.31. The Balaban J connectivity index is 1.82. The van der Waals surface area contributed by atoms with Crippen molar-refractivity contribution in [1.82, 2.24) is 0 Å². The summed E-state index contributed by atoms with van der Waals surface area (Å²) in [6, 6.07) is 15.8. The number of para-hydroxylation sites is 1. The number of amides is 1. The molecule has 10 nitrogen and oxygen atoms in total. The second kappa shape index (κ2) is 8.62. The van der Waals surface area contributed by atoms with Crippen LogP contribution in [-0.2, 0) is 14.8 Å². The van der Waals surface area contributed by atoms with E-state index < -0.39 is 20.9 Å².